The van der Waals surface area contributed by atoms with Crippen molar-refractivity contribution < 1.29 is 22.7 Å². The summed E-state index contributed by atoms with van der Waals surface area (Å²) in [5, 5.41) is 0. The summed E-state index contributed by atoms with van der Waals surface area (Å²) in [6.07, 6.45) is 1.19. The standard InChI is InChI=1S/C26H34N2O5S/c1-20(29)5-6-21-7-11-23(12-8-21)33-19-25(30)27-15-17-28(18-16-27)34(31,32)24-13-9-22(10-14-24)26(2,3)4/h7-14H,5-6,15-19H2,1-4H3. The zero-order chi connectivity index (χ0) is 24.9. The van der Waals surface area contributed by atoms with E-state index in [1.807, 2.05) is 24.3 Å². The van der Waals surface area contributed by atoms with Crippen LogP contribution in [0.3, 0.4) is 0 Å². The van der Waals surface area contributed by atoms with Gasteiger partial charge in [-0.05, 0) is 54.2 Å². The SMILES string of the molecule is CC(=O)CCc1ccc(OCC(=O)N2CCN(S(=O)(=O)c3ccc(C(C)(C)C)cc3)CC2)cc1. The normalized spacial score (nSPS) is 15.2. The molecule has 1 saturated heterocycles. The molecule has 0 bridgehead atoms. The van der Waals surface area contributed by atoms with E-state index in [-0.39, 0.29) is 41.7 Å². The molecular formula is C26H34N2O5S. The number of hydrogen-bond donors (Lipinski definition) is 0. The molecule has 0 aromatic heterocycles. The number of ether oxygens (including phenoxy) is 1. The van der Waals surface area contributed by atoms with Gasteiger partial charge in [0.05, 0.1) is 4.90 Å². The highest BCUT2D eigenvalue weighted by atomic mass is 32.2. The molecule has 1 aliphatic rings. The van der Waals surface area contributed by atoms with Gasteiger partial charge in [-0.3, -0.25) is 4.79 Å². The molecule has 184 valence electrons. The molecule has 2 aromatic rings. The molecule has 1 amide bonds. The Morgan fingerprint density at radius 3 is 2.03 bits per heavy atom. The minimum absolute atomic E-state index is 0.0477. The van der Waals surface area contributed by atoms with Crippen LogP contribution in [-0.4, -0.2) is 62.1 Å². The van der Waals surface area contributed by atoms with Gasteiger partial charge in [-0.15, -0.1) is 0 Å². The second-order valence-electron chi connectivity index (χ2n) is 9.69. The summed E-state index contributed by atoms with van der Waals surface area (Å²) in [5.41, 5.74) is 2.07. The molecule has 0 aliphatic carbocycles. The van der Waals surface area contributed by atoms with E-state index >= 15 is 0 Å². The van der Waals surface area contributed by atoms with Crippen LogP contribution in [0.5, 0.6) is 5.75 Å². The molecule has 3 rings (SSSR count). The van der Waals surface area contributed by atoms with E-state index in [2.05, 4.69) is 20.8 Å². The molecule has 8 heteroatoms. The summed E-state index contributed by atoms with van der Waals surface area (Å²) in [4.78, 5) is 25.6. The van der Waals surface area contributed by atoms with E-state index in [1.165, 1.54) is 4.31 Å². The lowest BCUT2D eigenvalue weighted by Crippen LogP contribution is -2.51. The summed E-state index contributed by atoms with van der Waals surface area (Å²) in [7, 11) is -3.60. The van der Waals surface area contributed by atoms with Gasteiger partial charge in [0.15, 0.2) is 6.61 Å². The van der Waals surface area contributed by atoms with E-state index in [9.17, 15) is 18.0 Å². The fraction of sp³-hybridized carbons (Fsp3) is 0.462. The summed E-state index contributed by atoms with van der Waals surface area (Å²) in [6.45, 7) is 8.88. The van der Waals surface area contributed by atoms with Crippen molar-refractivity contribution in [2.75, 3.05) is 32.8 Å². The second-order valence-corrected chi connectivity index (χ2v) is 11.6. The number of hydrogen-bond acceptors (Lipinski definition) is 5. The van der Waals surface area contributed by atoms with Crippen LogP contribution in [0.2, 0.25) is 0 Å². The van der Waals surface area contributed by atoms with Crippen molar-refractivity contribution in [2.24, 2.45) is 0 Å². The Balaban J connectivity index is 1.50. The van der Waals surface area contributed by atoms with Crippen molar-refractivity contribution >= 4 is 21.7 Å². The van der Waals surface area contributed by atoms with Gasteiger partial charge in [-0.1, -0.05) is 45.0 Å². The fourth-order valence-corrected chi connectivity index (χ4v) is 5.19. The van der Waals surface area contributed by atoms with Crippen LogP contribution in [0.1, 0.15) is 45.2 Å². The van der Waals surface area contributed by atoms with Crippen molar-refractivity contribution in [3.8, 4) is 5.75 Å². The predicted molar refractivity (Wildman–Crippen MR) is 131 cm³/mol. The minimum Gasteiger partial charge on any atom is -0.484 e. The Hall–Kier alpha value is -2.71. The van der Waals surface area contributed by atoms with E-state index in [1.54, 1.807) is 36.1 Å². The molecular weight excluding hydrogens is 452 g/mol. The molecule has 0 radical (unpaired) electrons. The lowest BCUT2D eigenvalue weighted by Gasteiger charge is -2.34. The number of aryl methyl sites for hydroxylation is 1. The number of ketones is 1. The number of Topliss-reactive ketones (excluding diaryl/α,β-unsaturated/α-hetero) is 1. The van der Waals surface area contributed by atoms with Gasteiger partial charge in [0, 0.05) is 32.6 Å². The third kappa shape index (κ3) is 6.67. The molecule has 0 saturated carbocycles. The van der Waals surface area contributed by atoms with Crippen LogP contribution >= 0.6 is 0 Å². The molecule has 1 aliphatic heterocycles. The van der Waals surface area contributed by atoms with Gasteiger partial charge in [0.1, 0.15) is 11.5 Å². The van der Waals surface area contributed by atoms with Crippen LogP contribution in [-0.2, 0) is 31.4 Å². The Bertz CT molecular complexity index is 1100. The first kappa shape index (κ1) is 25.9. The molecule has 0 unspecified atom stereocenters. The second kappa shape index (κ2) is 10.7. The van der Waals surface area contributed by atoms with Crippen LogP contribution < -0.4 is 4.74 Å². The first-order chi connectivity index (χ1) is 16.0. The first-order valence-electron chi connectivity index (χ1n) is 11.6. The van der Waals surface area contributed by atoms with E-state index in [0.29, 0.717) is 31.7 Å². The molecule has 34 heavy (non-hydrogen) atoms. The van der Waals surface area contributed by atoms with E-state index in [4.69, 9.17) is 4.74 Å². The maximum atomic E-state index is 13.0. The average Bonchev–Trinajstić information content (AvgIpc) is 2.81. The van der Waals surface area contributed by atoms with E-state index in [0.717, 1.165) is 11.1 Å². The largest absolute Gasteiger partial charge is 0.484 e. The van der Waals surface area contributed by atoms with E-state index < -0.39 is 10.0 Å². The van der Waals surface area contributed by atoms with Crippen LogP contribution in [0, 0.1) is 0 Å². The van der Waals surface area contributed by atoms with Crippen LogP contribution in [0.15, 0.2) is 53.4 Å². The minimum atomic E-state index is -3.60. The monoisotopic (exact) mass is 486 g/mol. The zero-order valence-corrected chi connectivity index (χ0v) is 21.2. The molecule has 7 nitrogen and oxygen atoms in total. The highest BCUT2D eigenvalue weighted by Gasteiger charge is 2.30. The van der Waals surface area contributed by atoms with Gasteiger partial charge in [0.2, 0.25) is 10.0 Å². The molecule has 1 fully saturated rings. The van der Waals surface area contributed by atoms with Crippen molar-refractivity contribution in [3.05, 3.63) is 59.7 Å². The number of nitrogens with zero attached hydrogens (tertiary/aromatic N) is 2. The lowest BCUT2D eigenvalue weighted by atomic mass is 9.87. The van der Waals surface area contributed by atoms with Crippen molar-refractivity contribution in [1.29, 1.82) is 0 Å². The summed E-state index contributed by atoms with van der Waals surface area (Å²) in [6, 6.07) is 14.4. The van der Waals surface area contributed by atoms with Crippen molar-refractivity contribution in [3.63, 3.8) is 0 Å². The number of benzene rings is 2. The van der Waals surface area contributed by atoms with Gasteiger partial charge < -0.3 is 14.4 Å². The average molecular weight is 487 g/mol. The maximum Gasteiger partial charge on any atom is 0.260 e. The summed E-state index contributed by atoms with van der Waals surface area (Å²) in [5.74, 6) is 0.560. The molecule has 0 atom stereocenters. The number of carbonyl (C=O) groups is 2. The van der Waals surface area contributed by atoms with Gasteiger partial charge in [-0.25, -0.2) is 8.42 Å². The lowest BCUT2D eigenvalue weighted by molar-refractivity contribution is -0.134. The third-order valence-corrected chi connectivity index (χ3v) is 7.91. The first-order valence-corrected chi connectivity index (χ1v) is 13.0. The number of carbonyl (C=O) groups excluding carboxylic acids is 2. The number of rotatable bonds is 8. The fourth-order valence-electron chi connectivity index (χ4n) is 3.76. The molecule has 2 aromatic carbocycles. The van der Waals surface area contributed by atoms with Crippen LogP contribution in [0.4, 0.5) is 0 Å². The Morgan fingerprint density at radius 2 is 1.50 bits per heavy atom. The Kier molecular flexibility index (Phi) is 8.15. The Morgan fingerprint density at radius 1 is 0.912 bits per heavy atom. The van der Waals surface area contributed by atoms with Gasteiger partial charge in [0.25, 0.3) is 5.91 Å². The quantitative estimate of drug-likeness (QED) is 0.571. The topological polar surface area (TPSA) is 84.0 Å². The molecule has 0 spiro atoms. The van der Waals surface area contributed by atoms with Gasteiger partial charge >= 0.3 is 0 Å². The summed E-state index contributed by atoms with van der Waals surface area (Å²) < 4.78 is 33.1. The van der Waals surface area contributed by atoms with Crippen LogP contribution in [0.25, 0.3) is 0 Å². The van der Waals surface area contributed by atoms with Crippen molar-refractivity contribution in [2.45, 2.75) is 50.8 Å². The van der Waals surface area contributed by atoms with Crippen molar-refractivity contribution in [1.82, 2.24) is 9.21 Å². The number of piperazine rings is 1. The zero-order valence-electron chi connectivity index (χ0n) is 20.4. The predicted octanol–water partition coefficient (Wildman–Crippen LogP) is 3.42. The smallest absolute Gasteiger partial charge is 0.260 e. The highest BCUT2D eigenvalue weighted by molar-refractivity contribution is 7.89. The third-order valence-electron chi connectivity index (χ3n) is 6.00. The Labute approximate surface area is 202 Å². The number of sulfonamides is 1. The summed E-state index contributed by atoms with van der Waals surface area (Å²) >= 11 is 0. The molecule has 1 heterocycles. The highest BCUT2D eigenvalue weighted by Crippen LogP contribution is 2.25. The number of amides is 1. The maximum absolute atomic E-state index is 13.0. The molecule has 0 N–H and O–H groups in total. The van der Waals surface area contributed by atoms with Gasteiger partial charge in [-0.2, -0.15) is 4.31 Å².